The first-order chi connectivity index (χ1) is 14.6. The van der Waals surface area contributed by atoms with Gasteiger partial charge >= 0.3 is 0 Å². The lowest BCUT2D eigenvalue weighted by Gasteiger charge is -2.35. The Morgan fingerprint density at radius 2 is 1.83 bits per heavy atom. The molecule has 0 unspecified atom stereocenters. The number of rotatable bonds is 3. The fraction of sp³-hybridized carbons (Fsp3) is 0.304. The predicted octanol–water partition coefficient (Wildman–Crippen LogP) is 3.11. The molecule has 7 nitrogen and oxygen atoms in total. The minimum Gasteiger partial charge on any atom is -0.338 e. The number of hydrogen-bond donors (Lipinski definition) is 0. The zero-order valence-corrected chi connectivity index (χ0v) is 17.2. The molecule has 5 heterocycles. The third kappa shape index (κ3) is 3.02. The lowest BCUT2D eigenvalue weighted by molar-refractivity contribution is 0.0667. The average molecular weight is 400 g/mol. The molecule has 0 radical (unpaired) electrons. The Hall–Kier alpha value is -3.32. The summed E-state index contributed by atoms with van der Waals surface area (Å²) in [5, 5.41) is 0.801. The molecule has 1 aliphatic heterocycles. The predicted molar refractivity (Wildman–Crippen MR) is 116 cm³/mol. The summed E-state index contributed by atoms with van der Waals surface area (Å²) in [7, 11) is 4.21. The first-order valence-corrected chi connectivity index (χ1v) is 10.2. The fourth-order valence-electron chi connectivity index (χ4n) is 4.44. The van der Waals surface area contributed by atoms with Gasteiger partial charge in [-0.15, -0.1) is 0 Å². The molecular weight excluding hydrogens is 376 g/mol. The third-order valence-electron chi connectivity index (χ3n) is 6.07. The van der Waals surface area contributed by atoms with Crippen molar-refractivity contribution in [1.82, 2.24) is 29.2 Å². The highest BCUT2D eigenvalue weighted by molar-refractivity contribution is 6.16. The summed E-state index contributed by atoms with van der Waals surface area (Å²) < 4.78 is 1.99. The largest absolute Gasteiger partial charge is 0.338 e. The van der Waals surface area contributed by atoms with Crippen molar-refractivity contribution >= 4 is 22.5 Å². The zero-order chi connectivity index (χ0) is 20.7. The summed E-state index contributed by atoms with van der Waals surface area (Å²) >= 11 is 0. The number of nitrogens with zero attached hydrogens (tertiary/aromatic N) is 6. The number of aromatic nitrogens is 4. The molecular formula is C23H24N6O. The normalized spacial score (nSPS) is 15.4. The van der Waals surface area contributed by atoms with Gasteiger partial charge in [-0.25, -0.2) is 9.97 Å². The SMILES string of the molecule is CN(C)C1CCN(C(=O)c2c3c(-c4ccncc4)ncnc3n3ccccc23)CC1. The number of carbonyl (C=O) groups excluding carboxylic acids is 1. The van der Waals surface area contributed by atoms with Gasteiger partial charge in [0.2, 0.25) is 0 Å². The molecule has 0 spiro atoms. The highest BCUT2D eigenvalue weighted by atomic mass is 16.2. The molecule has 0 aliphatic carbocycles. The molecule has 1 fully saturated rings. The molecule has 4 aromatic heterocycles. The van der Waals surface area contributed by atoms with Crippen LogP contribution in [0.5, 0.6) is 0 Å². The van der Waals surface area contributed by atoms with Crippen molar-refractivity contribution in [2.75, 3.05) is 27.2 Å². The van der Waals surface area contributed by atoms with Gasteiger partial charge in [-0.1, -0.05) is 6.07 Å². The lowest BCUT2D eigenvalue weighted by atomic mass is 10.0. The topological polar surface area (TPSA) is 66.6 Å². The molecule has 0 bridgehead atoms. The van der Waals surface area contributed by atoms with Crippen molar-refractivity contribution in [1.29, 1.82) is 0 Å². The van der Waals surface area contributed by atoms with E-state index in [9.17, 15) is 4.79 Å². The Kier molecular flexibility index (Phi) is 4.67. The lowest BCUT2D eigenvalue weighted by Crippen LogP contribution is -2.44. The molecule has 0 atom stereocenters. The summed E-state index contributed by atoms with van der Waals surface area (Å²) in [5.74, 6) is 0.0519. The number of fused-ring (bicyclic) bond motifs is 3. The Balaban J connectivity index is 1.68. The molecule has 7 heteroatoms. The first-order valence-electron chi connectivity index (χ1n) is 10.2. The second kappa shape index (κ2) is 7.50. The van der Waals surface area contributed by atoms with Gasteiger partial charge in [0, 0.05) is 43.3 Å². The summed E-state index contributed by atoms with van der Waals surface area (Å²) in [6.45, 7) is 1.51. The number of piperidine rings is 1. The van der Waals surface area contributed by atoms with E-state index in [4.69, 9.17) is 0 Å². The minimum atomic E-state index is 0.0519. The van der Waals surface area contributed by atoms with Crippen molar-refractivity contribution in [3.63, 3.8) is 0 Å². The summed E-state index contributed by atoms with van der Waals surface area (Å²) in [6.07, 6.45) is 8.97. The van der Waals surface area contributed by atoms with Crippen LogP contribution in [0.3, 0.4) is 0 Å². The van der Waals surface area contributed by atoms with E-state index >= 15 is 0 Å². The number of hydrogen-bond acceptors (Lipinski definition) is 5. The van der Waals surface area contributed by atoms with Crippen LogP contribution >= 0.6 is 0 Å². The number of pyridine rings is 2. The molecule has 4 aromatic rings. The molecule has 1 saturated heterocycles. The summed E-state index contributed by atoms with van der Waals surface area (Å²) in [5.41, 5.74) is 3.98. The van der Waals surface area contributed by atoms with Crippen LogP contribution in [0.25, 0.3) is 27.8 Å². The van der Waals surface area contributed by atoms with E-state index in [1.165, 1.54) is 0 Å². The van der Waals surface area contributed by atoms with E-state index in [0.717, 1.165) is 53.7 Å². The Bertz CT molecular complexity index is 1210. The zero-order valence-electron chi connectivity index (χ0n) is 17.2. The third-order valence-corrected chi connectivity index (χ3v) is 6.07. The van der Waals surface area contributed by atoms with Gasteiger partial charge in [-0.3, -0.25) is 9.78 Å². The maximum Gasteiger partial charge on any atom is 0.256 e. The molecule has 1 amide bonds. The molecule has 0 saturated carbocycles. The minimum absolute atomic E-state index is 0.0519. The first kappa shape index (κ1) is 18.7. The van der Waals surface area contributed by atoms with Gasteiger partial charge in [0.1, 0.15) is 12.0 Å². The van der Waals surface area contributed by atoms with Crippen molar-refractivity contribution < 1.29 is 4.79 Å². The van der Waals surface area contributed by atoms with Crippen molar-refractivity contribution in [2.45, 2.75) is 18.9 Å². The van der Waals surface area contributed by atoms with Crippen LogP contribution in [0.1, 0.15) is 23.2 Å². The Morgan fingerprint density at radius 1 is 1.07 bits per heavy atom. The quantitative estimate of drug-likeness (QED) is 0.529. The smallest absolute Gasteiger partial charge is 0.256 e. The van der Waals surface area contributed by atoms with Crippen molar-refractivity contribution in [3.8, 4) is 11.3 Å². The number of amides is 1. The van der Waals surface area contributed by atoms with Gasteiger partial charge < -0.3 is 14.2 Å². The molecule has 0 aromatic carbocycles. The van der Waals surface area contributed by atoms with Gasteiger partial charge in [-0.2, -0.15) is 0 Å². The van der Waals surface area contributed by atoms with Crippen LogP contribution in [0.4, 0.5) is 0 Å². The summed E-state index contributed by atoms with van der Waals surface area (Å²) in [6, 6.07) is 10.3. The fourth-order valence-corrected chi connectivity index (χ4v) is 4.44. The van der Waals surface area contributed by atoms with Gasteiger partial charge in [0.25, 0.3) is 5.91 Å². The van der Waals surface area contributed by atoms with E-state index in [1.54, 1.807) is 18.7 Å². The van der Waals surface area contributed by atoms with E-state index in [1.807, 2.05) is 45.8 Å². The van der Waals surface area contributed by atoms with Crippen molar-refractivity contribution in [3.05, 3.63) is 60.8 Å². The van der Waals surface area contributed by atoms with Gasteiger partial charge in [-0.05, 0) is 51.2 Å². The van der Waals surface area contributed by atoms with Gasteiger partial charge in [0.05, 0.1) is 22.2 Å². The number of likely N-dealkylation sites (tertiary alicyclic amines) is 1. The molecule has 30 heavy (non-hydrogen) atoms. The van der Waals surface area contributed by atoms with E-state index in [2.05, 4.69) is 33.9 Å². The van der Waals surface area contributed by atoms with Crippen LogP contribution in [-0.4, -0.2) is 68.3 Å². The summed E-state index contributed by atoms with van der Waals surface area (Å²) in [4.78, 5) is 31.2. The second-order valence-corrected chi connectivity index (χ2v) is 7.97. The maximum atomic E-state index is 13.8. The van der Waals surface area contributed by atoms with Crippen LogP contribution < -0.4 is 0 Å². The van der Waals surface area contributed by atoms with Crippen LogP contribution in [0.2, 0.25) is 0 Å². The molecule has 152 valence electrons. The molecule has 1 aliphatic rings. The van der Waals surface area contributed by atoms with Crippen molar-refractivity contribution in [2.24, 2.45) is 0 Å². The van der Waals surface area contributed by atoms with E-state index in [0.29, 0.717) is 11.6 Å². The Labute approximate surface area is 175 Å². The Morgan fingerprint density at radius 3 is 2.57 bits per heavy atom. The van der Waals surface area contributed by atoms with Gasteiger partial charge in [0.15, 0.2) is 0 Å². The van der Waals surface area contributed by atoms with Crippen LogP contribution in [-0.2, 0) is 0 Å². The maximum absolute atomic E-state index is 13.8. The van der Waals surface area contributed by atoms with Crippen LogP contribution in [0.15, 0.2) is 55.2 Å². The van der Waals surface area contributed by atoms with Crippen LogP contribution in [0, 0.1) is 0 Å². The van der Waals surface area contributed by atoms with E-state index < -0.39 is 0 Å². The number of carbonyl (C=O) groups is 1. The molecule has 5 rings (SSSR count). The van der Waals surface area contributed by atoms with E-state index in [-0.39, 0.29) is 5.91 Å². The second-order valence-electron chi connectivity index (χ2n) is 7.97. The molecule has 0 N–H and O–H groups in total. The monoisotopic (exact) mass is 400 g/mol. The highest BCUT2D eigenvalue weighted by Gasteiger charge is 2.29. The standard InChI is InChI=1S/C23H24N6O/c1-27(2)17-8-13-28(14-9-17)23(30)19-18-5-3-4-12-29(18)22-20(19)21(25-15-26-22)16-6-10-24-11-7-16/h3-7,10-12,15,17H,8-9,13-14H2,1-2H3. The average Bonchev–Trinajstić information content (AvgIpc) is 3.14. The highest BCUT2D eigenvalue weighted by Crippen LogP contribution is 2.33.